The van der Waals surface area contributed by atoms with Crippen LogP contribution in [0.3, 0.4) is 0 Å². The average molecular weight is 412 g/mol. The standard InChI is InChI=1S/C25H20N2O4/c1-3-26-20-7-5-4-6-18(20)19-14-16(10-13-21(19)26)27-24(29)22(23(28)25(27)30)15-8-11-17(31-2)12-9-15/h4-14,28H,3H2,1-2H3. The highest BCUT2D eigenvalue weighted by Gasteiger charge is 2.40. The fourth-order valence-electron chi connectivity index (χ4n) is 4.29. The molecule has 4 aromatic rings. The first-order valence-electron chi connectivity index (χ1n) is 10.0. The van der Waals surface area contributed by atoms with Crippen molar-refractivity contribution in [1.29, 1.82) is 0 Å². The Hall–Kier alpha value is -4.06. The number of hydrogen-bond acceptors (Lipinski definition) is 4. The van der Waals surface area contributed by atoms with Crippen LogP contribution in [-0.2, 0) is 16.1 Å². The number of benzene rings is 3. The maximum absolute atomic E-state index is 13.2. The summed E-state index contributed by atoms with van der Waals surface area (Å²) in [5.41, 5.74) is 3.00. The Morgan fingerprint density at radius 3 is 2.29 bits per heavy atom. The summed E-state index contributed by atoms with van der Waals surface area (Å²) >= 11 is 0. The second kappa shape index (κ2) is 7.02. The van der Waals surface area contributed by atoms with Crippen molar-refractivity contribution < 1.29 is 19.4 Å². The van der Waals surface area contributed by atoms with Gasteiger partial charge in [0.1, 0.15) is 5.75 Å². The van der Waals surface area contributed by atoms with Crippen molar-refractivity contribution in [1.82, 2.24) is 4.57 Å². The molecular weight excluding hydrogens is 392 g/mol. The molecular formula is C25H20N2O4. The molecule has 1 aliphatic rings. The van der Waals surface area contributed by atoms with Gasteiger partial charge in [-0.3, -0.25) is 9.59 Å². The van der Waals surface area contributed by atoms with Crippen molar-refractivity contribution in [3.05, 3.63) is 78.1 Å². The van der Waals surface area contributed by atoms with Crippen molar-refractivity contribution in [2.45, 2.75) is 13.5 Å². The third-order valence-electron chi connectivity index (χ3n) is 5.77. The van der Waals surface area contributed by atoms with Gasteiger partial charge in [0, 0.05) is 28.4 Å². The van der Waals surface area contributed by atoms with Gasteiger partial charge in [0.2, 0.25) is 0 Å². The van der Waals surface area contributed by atoms with Gasteiger partial charge in [0.25, 0.3) is 5.91 Å². The van der Waals surface area contributed by atoms with Crippen LogP contribution in [0.15, 0.2) is 72.5 Å². The van der Waals surface area contributed by atoms with Crippen molar-refractivity contribution in [3.8, 4) is 5.75 Å². The van der Waals surface area contributed by atoms with E-state index in [-0.39, 0.29) is 5.57 Å². The lowest BCUT2D eigenvalue weighted by atomic mass is 10.1. The molecule has 6 nitrogen and oxygen atoms in total. The van der Waals surface area contributed by atoms with Crippen LogP contribution in [0.4, 0.5) is 5.69 Å². The molecule has 154 valence electrons. The topological polar surface area (TPSA) is 71.8 Å². The molecule has 6 heteroatoms. The summed E-state index contributed by atoms with van der Waals surface area (Å²) in [4.78, 5) is 27.1. The Morgan fingerprint density at radius 2 is 1.58 bits per heavy atom. The summed E-state index contributed by atoms with van der Waals surface area (Å²) in [6.45, 7) is 2.88. The molecule has 1 aliphatic heterocycles. The summed E-state index contributed by atoms with van der Waals surface area (Å²) in [7, 11) is 1.55. The van der Waals surface area contributed by atoms with Crippen LogP contribution in [0.5, 0.6) is 5.75 Å². The predicted octanol–water partition coefficient (Wildman–Crippen LogP) is 4.67. The number of aliphatic hydroxyl groups is 1. The number of aliphatic hydroxyl groups excluding tert-OH is 1. The number of anilines is 1. The normalized spacial score (nSPS) is 14.3. The maximum atomic E-state index is 13.2. The number of carbonyl (C=O) groups excluding carboxylic acids is 2. The van der Waals surface area contributed by atoms with Gasteiger partial charge in [0.15, 0.2) is 5.76 Å². The number of aromatic nitrogens is 1. The van der Waals surface area contributed by atoms with Gasteiger partial charge in [-0.15, -0.1) is 0 Å². The number of methoxy groups -OCH3 is 1. The minimum absolute atomic E-state index is 0.0104. The van der Waals surface area contributed by atoms with Gasteiger partial charge >= 0.3 is 5.91 Å². The number of aryl methyl sites for hydroxylation is 1. The van der Waals surface area contributed by atoms with Crippen LogP contribution in [0.2, 0.25) is 0 Å². The highest BCUT2D eigenvalue weighted by Crippen LogP contribution is 2.36. The third-order valence-corrected chi connectivity index (χ3v) is 5.77. The maximum Gasteiger partial charge on any atom is 0.301 e. The molecule has 1 N–H and O–H groups in total. The van der Waals surface area contributed by atoms with Crippen LogP contribution >= 0.6 is 0 Å². The van der Waals surface area contributed by atoms with Crippen LogP contribution in [0.1, 0.15) is 12.5 Å². The minimum Gasteiger partial charge on any atom is -0.502 e. The van der Waals surface area contributed by atoms with Crippen LogP contribution in [0.25, 0.3) is 27.4 Å². The van der Waals surface area contributed by atoms with E-state index in [0.717, 1.165) is 33.3 Å². The second-order valence-electron chi connectivity index (χ2n) is 7.36. The summed E-state index contributed by atoms with van der Waals surface area (Å²) < 4.78 is 7.34. The van der Waals surface area contributed by atoms with E-state index in [2.05, 4.69) is 17.6 Å². The van der Waals surface area contributed by atoms with Crippen molar-refractivity contribution in [2.75, 3.05) is 12.0 Å². The Morgan fingerprint density at radius 1 is 0.871 bits per heavy atom. The number of imide groups is 1. The Balaban J connectivity index is 1.61. The molecule has 0 bridgehead atoms. The van der Waals surface area contributed by atoms with Gasteiger partial charge < -0.3 is 14.4 Å². The average Bonchev–Trinajstić information content (AvgIpc) is 3.24. The highest BCUT2D eigenvalue weighted by atomic mass is 16.5. The van der Waals surface area contributed by atoms with E-state index in [1.165, 1.54) is 0 Å². The van der Waals surface area contributed by atoms with E-state index in [0.29, 0.717) is 17.0 Å². The van der Waals surface area contributed by atoms with E-state index in [9.17, 15) is 14.7 Å². The Bertz CT molecular complexity index is 1400. The Kier molecular flexibility index (Phi) is 4.29. The molecule has 31 heavy (non-hydrogen) atoms. The molecule has 0 unspecified atom stereocenters. The third kappa shape index (κ3) is 2.72. The Labute approximate surface area is 178 Å². The minimum atomic E-state index is -0.727. The molecule has 0 spiro atoms. The van der Waals surface area contributed by atoms with Gasteiger partial charge in [-0.25, -0.2) is 4.90 Å². The lowest BCUT2D eigenvalue weighted by Gasteiger charge is -2.15. The number of carbonyl (C=O) groups is 2. The van der Waals surface area contributed by atoms with Crippen LogP contribution in [0, 0.1) is 0 Å². The zero-order chi connectivity index (χ0) is 21.7. The van der Waals surface area contributed by atoms with E-state index < -0.39 is 17.6 Å². The fraction of sp³-hybridized carbons (Fsp3) is 0.120. The lowest BCUT2D eigenvalue weighted by Crippen LogP contribution is -2.31. The number of amides is 2. The summed E-state index contributed by atoms with van der Waals surface area (Å²) in [6, 6.07) is 20.2. The van der Waals surface area contributed by atoms with E-state index in [1.807, 2.05) is 30.3 Å². The molecule has 0 fully saturated rings. The SMILES string of the molecule is CCn1c2ccccc2c2cc(N3C(=O)C(O)=C(c4ccc(OC)cc4)C3=O)ccc21. The summed E-state index contributed by atoms with van der Waals surface area (Å²) in [5.74, 6) is -1.21. The fourth-order valence-corrected chi connectivity index (χ4v) is 4.29. The molecule has 1 aromatic heterocycles. The number of ether oxygens (including phenoxy) is 1. The number of hydrogen-bond donors (Lipinski definition) is 1. The van der Waals surface area contributed by atoms with Gasteiger partial charge in [-0.2, -0.15) is 0 Å². The first kappa shape index (κ1) is 18.9. The number of nitrogens with zero attached hydrogens (tertiary/aromatic N) is 2. The first-order valence-corrected chi connectivity index (χ1v) is 10.0. The van der Waals surface area contributed by atoms with Gasteiger partial charge in [-0.1, -0.05) is 30.3 Å². The van der Waals surface area contributed by atoms with E-state index in [1.54, 1.807) is 37.4 Å². The molecule has 0 saturated heterocycles. The van der Waals surface area contributed by atoms with Crippen molar-refractivity contribution in [3.63, 3.8) is 0 Å². The molecule has 0 saturated carbocycles. The molecule has 0 atom stereocenters. The number of fused-ring (bicyclic) bond motifs is 3. The smallest absolute Gasteiger partial charge is 0.301 e. The predicted molar refractivity (Wildman–Crippen MR) is 120 cm³/mol. The lowest BCUT2D eigenvalue weighted by molar-refractivity contribution is -0.121. The molecule has 0 aliphatic carbocycles. The quantitative estimate of drug-likeness (QED) is 0.495. The van der Waals surface area contributed by atoms with Crippen LogP contribution in [-0.4, -0.2) is 28.6 Å². The van der Waals surface area contributed by atoms with Gasteiger partial charge in [0.05, 0.1) is 18.4 Å². The number of para-hydroxylation sites is 1. The highest BCUT2D eigenvalue weighted by molar-refractivity contribution is 6.45. The largest absolute Gasteiger partial charge is 0.502 e. The monoisotopic (exact) mass is 412 g/mol. The molecule has 3 aromatic carbocycles. The first-order chi connectivity index (χ1) is 15.0. The van der Waals surface area contributed by atoms with Crippen molar-refractivity contribution >= 4 is 44.9 Å². The summed E-state index contributed by atoms with van der Waals surface area (Å²) in [5, 5.41) is 12.5. The van der Waals surface area contributed by atoms with Crippen LogP contribution < -0.4 is 9.64 Å². The second-order valence-corrected chi connectivity index (χ2v) is 7.36. The van der Waals surface area contributed by atoms with Crippen molar-refractivity contribution in [2.24, 2.45) is 0 Å². The van der Waals surface area contributed by atoms with Gasteiger partial charge in [-0.05, 0) is 48.9 Å². The zero-order valence-electron chi connectivity index (χ0n) is 17.1. The zero-order valence-corrected chi connectivity index (χ0v) is 17.1. The molecule has 2 amide bonds. The summed E-state index contributed by atoms with van der Waals surface area (Å²) in [6.07, 6.45) is 0. The molecule has 5 rings (SSSR count). The molecule has 0 radical (unpaired) electrons. The van der Waals surface area contributed by atoms with E-state index >= 15 is 0 Å². The molecule has 2 heterocycles. The number of rotatable bonds is 4. The van der Waals surface area contributed by atoms with E-state index in [4.69, 9.17) is 4.74 Å².